The molecule has 5 heteroatoms. The number of nitrogens with zero attached hydrogens (tertiary/aromatic N) is 2. The summed E-state index contributed by atoms with van der Waals surface area (Å²) in [4.78, 5) is 17.7. The summed E-state index contributed by atoms with van der Waals surface area (Å²) in [6.07, 6.45) is 1.54. The van der Waals surface area contributed by atoms with Crippen molar-refractivity contribution in [2.75, 3.05) is 12.8 Å². The standard InChI is InChI=1S/C12H13N3OS/c1-15(7-9-3-5-17-8-9)12(16)11-6-10(13)2-4-14-11/h2-6,8H,7H2,1H3,(H2,13,14). The van der Waals surface area contributed by atoms with E-state index < -0.39 is 0 Å². The summed E-state index contributed by atoms with van der Waals surface area (Å²) in [7, 11) is 1.75. The molecule has 0 spiro atoms. The highest BCUT2D eigenvalue weighted by atomic mass is 32.1. The van der Waals surface area contributed by atoms with Gasteiger partial charge in [-0.2, -0.15) is 11.3 Å². The number of nitrogens with two attached hydrogens (primary N) is 1. The van der Waals surface area contributed by atoms with E-state index in [-0.39, 0.29) is 5.91 Å². The van der Waals surface area contributed by atoms with E-state index in [1.807, 2.05) is 16.8 Å². The summed E-state index contributed by atoms with van der Waals surface area (Å²) >= 11 is 1.62. The first-order valence-corrected chi connectivity index (χ1v) is 6.09. The maximum absolute atomic E-state index is 12.0. The zero-order chi connectivity index (χ0) is 12.3. The molecule has 0 aliphatic carbocycles. The number of anilines is 1. The van der Waals surface area contributed by atoms with E-state index in [2.05, 4.69) is 4.98 Å². The van der Waals surface area contributed by atoms with Gasteiger partial charge in [0.1, 0.15) is 5.69 Å². The number of thiophene rings is 1. The molecule has 0 aliphatic heterocycles. The molecule has 0 aliphatic rings. The van der Waals surface area contributed by atoms with E-state index in [1.165, 1.54) is 0 Å². The second-order valence-corrected chi connectivity index (χ2v) is 4.55. The van der Waals surface area contributed by atoms with Gasteiger partial charge in [0.15, 0.2) is 0 Å². The summed E-state index contributed by atoms with van der Waals surface area (Å²) in [5.41, 5.74) is 7.67. The number of hydrogen-bond donors (Lipinski definition) is 1. The third-order valence-corrected chi connectivity index (χ3v) is 3.08. The summed E-state index contributed by atoms with van der Waals surface area (Å²) in [5.74, 6) is -0.122. The maximum Gasteiger partial charge on any atom is 0.272 e. The minimum Gasteiger partial charge on any atom is -0.399 e. The monoisotopic (exact) mass is 247 g/mol. The Bertz CT molecular complexity index is 510. The molecule has 0 atom stereocenters. The molecule has 0 saturated carbocycles. The zero-order valence-corrected chi connectivity index (χ0v) is 10.3. The van der Waals surface area contributed by atoms with E-state index in [0.29, 0.717) is 17.9 Å². The van der Waals surface area contributed by atoms with Crippen molar-refractivity contribution in [1.29, 1.82) is 0 Å². The Kier molecular flexibility index (Phi) is 3.39. The van der Waals surface area contributed by atoms with Gasteiger partial charge in [-0.1, -0.05) is 0 Å². The van der Waals surface area contributed by atoms with E-state index in [0.717, 1.165) is 5.56 Å². The molecule has 2 rings (SSSR count). The highest BCUT2D eigenvalue weighted by molar-refractivity contribution is 7.07. The number of carbonyl (C=O) groups excluding carboxylic acids is 1. The number of rotatable bonds is 3. The van der Waals surface area contributed by atoms with E-state index in [4.69, 9.17) is 5.73 Å². The lowest BCUT2D eigenvalue weighted by Crippen LogP contribution is -2.26. The molecule has 0 aromatic carbocycles. The molecule has 0 saturated heterocycles. The fourth-order valence-electron chi connectivity index (χ4n) is 1.49. The van der Waals surface area contributed by atoms with Gasteiger partial charge in [-0.05, 0) is 34.5 Å². The fraction of sp³-hybridized carbons (Fsp3) is 0.167. The van der Waals surface area contributed by atoms with Gasteiger partial charge in [0.25, 0.3) is 5.91 Å². The Morgan fingerprint density at radius 2 is 2.35 bits per heavy atom. The van der Waals surface area contributed by atoms with Crippen molar-refractivity contribution in [2.45, 2.75) is 6.54 Å². The van der Waals surface area contributed by atoms with Crippen LogP contribution in [0, 0.1) is 0 Å². The predicted molar refractivity (Wildman–Crippen MR) is 68.8 cm³/mol. The van der Waals surface area contributed by atoms with Crippen molar-refractivity contribution >= 4 is 22.9 Å². The Labute approximate surface area is 104 Å². The van der Waals surface area contributed by atoms with E-state index in [9.17, 15) is 4.79 Å². The van der Waals surface area contributed by atoms with Crippen LogP contribution in [0.4, 0.5) is 5.69 Å². The van der Waals surface area contributed by atoms with Crippen LogP contribution in [-0.4, -0.2) is 22.8 Å². The van der Waals surface area contributed by atoms with Gasteiger partial charge in [0.05, 0.1) is 0 Å². The average Bonchev–Trinajstić information content (AvgIpc) is 2.80. The van der Waals surface area contributed by atoms with E-state index >= 15 is 0 Å². The normalized spacial score (nSPS) is 10.2. The lowest BCUT2D eigenvalue weighted by molar-refractivity contribution is 0.0779. The van der Waals surface area contributed by atoms with Crippen LogP contribution in [0.1, 0.15) is 16.1 Å². The van der Waals surface area contributed by atoms with E-state index in [1.54, 1.807) is 41.6 Å². The van der Waals surface area contributed by atoms with Gasteiger partial charge in [0, 0.05) is 25.5 Å². The summed E-state index contributed by atoms with van der Waals surface area (Å²) in [5, 5.41) is 4.02. The molecule has 0 unspecified atom stereocenters. The maximum atomic E-state index is 12.0. The van der Waals surface area contributed by atoms with Gasteiger partial charge in [-0.15, -0.1) is 0 Å². The van der Waals surface area contributed by atoms with Crippen LogP contribution in [-0.2, 0) is 6.54 Å². The average molecular weight is 247 g/mol. The lowest BCUT2D eigenvalue weighted by Gasteiger charge is -2.15. The molecule has 0 fully saturated rings. The smallest absolute Gasteiger partial charge is 0.272 e. The first-order valence-electron chi connectivity index (χ1n) is 5.15. The molecule has 0 radical (unpaired) electrons. The van der Waals surface area contributed by atoms with Gasteiger partial charge in [-0.25, -0.2) is 0 Å². The summed E-state index contributed by atoms with van der Waals surface area (Å²) < 4.78 is 0. The Hall–Kier alpha value is -1.88. The van der Waals surface area contributed by atoms with Gasteiger partial charge in [-0.3, -0.25) is 9.78 Å². The fourth-order valence-corrected chi connectivity index (χ4v) is 2.15. The van der Waals surface area contributed by atoms with Gasteiger partial charge < -0.3 is 10.6 Å². The third kappa shape index (κ3) is 2.82. The third-order valence-electron chi connectivity index (χ3n) is 2.35. The van der Waals surface area contributed by atoms with Gasteiger partial charge in [0.2, 0.25) is 0 Å². The second kappa shape index (κ2) is 4.97. The number of hydrogen-bond acceptors (Lipinski definition) is 4. The number of nitrogen functional groups attached to an aromatic ring is 1. The van der Waals surface area contributed by atoms with Crippen molar-refractivity contribution in [3.05, 3.63) is 46.4 Å². The first-order chi connectivity index (χ1) is 8.16. The lowest BCUT2D eigenvalue weighted by atomic mass is 10.2. The zero-order valence-electron chi connectivity index (χ0n) is 9.46. The highest BCUT2D eigenvalue weighted by Gasteiger charge is 2.13. The second-order valence-electron chi connectivity index (χ2n) is 3.77. The molecular formula is C12H13N3OS. The molecule has 0 bridgehead atoms. The molecule has 88 valence electrons. The number of aromatic nitrogens is 1. The van der Waals surface area contributed by atoms with Crippen LogP contribution in [0.15, 0.2) is 35.2 Å². The van der Waals surface area contributed by atoms with Crippen LogP contribution < -0.4 is 5.73 Å². The molecule has 1 amide bonds. The predicted octanol–water partition coefficient (Wildman–Crippen LogP) is 2.00. The van der Waals surface area contributed by atoms with Crippen LogP contribution in [0.3, 0.4) is 0 Å². The Balaban J connectivity index is 2.09. The first kappa shape index (κ1) is 11.6. The van der Waals surface area contributed by atoms with Crippen LogP contribution in [0.5, 0.6) is 0 Å². The van der Waals surface area contributed by atoms with Crippen molar-refractivity contribution in [3.8, 4) is 0 Å². The van der Waals surface area contributed by atoms with Gasteiger partial charge >= 0.3 is 0 Å². The number of carbonyl (C=O) groups is 1. The summed E-state index contributed by atoms with van der Waals surface area (Å²) in [6, 6.07) is 5.25. The Morgan fingerprint density at radius 1 is 1.53 bits per heavy atom. The molecule has 17 heavy (non-hydrogen) atoms. The molecular weight excluding hydrogens is 234 g/mol. The van der Waals surface area contributed by atoms with Crippen molar-refractivity contribution < 1.29 is 4.79 Å². The minimum absolute atomic E-state index is 0.122. The number of amides is 1. The summed E-state index contributed by atoms with van der Waals surface area (Å²) in [6.45, 7) is 0.582. The van der Waals surface area contributed by atoms with Crippen LogP contribution in [0.25, 0.3) is 0 Å². The van der Waals surface area contributed by atoms with Crippen molar-refractivity contribution in [3.63, 3.8) is 0 Å². The molecule has 2 N–H and O–H groups in total. The van der Waals surface area contributed by atoms with Crippen LogP contribution in [0.2, 0.25) is 0 Å². The number of pyridine rings is 1. The van der Waals surface area contributed by atoms with Crippen LogP contribution >= 0.6 is 11.3 Å². The quantitative estimate of drug-likeness (QED) is 0.902. The molecule has 4 nitrogen and oxygen atoms in total. The minimum atomic E-state index is -0.122. The SMILES string of the molecule is CN(Cc1ccsc1)C(=O)c1cc(N)ccn1. The molecule has 2 heterocycles. The largest absolute Gasteiger partial charge is 0.399 e. The highest BCUT2D eigenvalue weighted by Crippen LogP contribution is 2.11. The molecule has 2 aromatic rings. The van der Waals surface area contributed by atoms with Crippen molar-refractivity contribution in [1.82, 2.24) is 9.88 Å². The Morgan fingerprint density at radius 3 is 3.00 bits per heavy atom. The topological polar surface area (TPSA) is 59.2 Å². The van der Waals surface area contributed by atoms with Crippen molar-refractivity contribution in [2.24, 2.45) is 0 Å². The molecule has 2 aromatic heterocycles.